The van der Waals surface area contributed by atoms with E-state index in [9.17, 15) is 19.1 Å². The second-order valence-corrected chi connectivity index (χ2v) is 8.50. The molecule has 1 aliphatic heterocycles. The summed E-state index contributed by atoms with van der Waals surface area (Å²) in [7, 11) is 0. The average Bonchev–Trinajstić information content (AvgIpc) is 3.24. The third kappa shape index (κ3) is 4.69. The van der Waals surface area contributed by atoms with Crippen LogP contribution in [0.1, 0.15) is 30.4 Å². The van der Waals surface area contributed by atoms with Gasteiger partial charge >= 0.3 is 0 Å². The quantitative estimate of drug-likeness (QED) is 0.550. The molecule has 0 aromatic heterocycles. The number of halogens is 1. The minimum Gasteiger partial charge on any atom is -0.486 e. The molecule has 4 rings (SSSR count). The van der Waals surface area contributed by atoms with E-state index in [0.29, 0.717) is 17.7 Å². The van der Waals surface area contributed by atoms with E-state index in [1.165, 1.54) is 17.0 Å². The van der Waals surface area contributed by atoms with Gasteiger partial charge in [0, 0.05) is 30.6 Å². The molecule has 2 aliphatic rings. The predicted molar refractivity (Wildman–Crippen MR) is 124 cm³/mol. The van der Waals surface area contributed by atoms with Crippen molar-refractivity contribution in [3.05, 3.63) is 77.1 Å². The number of benzene rings is 2. The van der Waals surface area contributed by atoms with E-state index in [1.807, 2.05) is 18.2 Å². The Morgan fingerprint density at radius 2 is 1.97 bits per heavy atom. The zero-order chi connectivity index (χ0) is 24.2. The standard InChI is InChI=1S/C26H29FN2O5/c1-2-22(31)29(12-10-16-6-5-7-17(27)14-16)20-15-19(26(33)28-11-13-30)23-18-8-3-4-9-21(18)34-25(23)24(20)32/h3-9,14-15,20,23-25,30,32H,2,10-13H2,1H3,(H,28,33). The van der Waals surface area contributed by atoms with Crippen molar-refractivity contribution in [2.45, 2.75) is 43.9 Å². The lowest BCUT2D eigenvalue weighted by molar-refractivity contribution is -0.136. The highest BCUT2D eigenvalue weighted by Gasteiger charge is 2.50. The molecule has 8 heteroatoms. The van der Waals surface area contributed by atoms with Gasteiger partial charge in [0.25, 0.3) is 0 Å². The van der Waals surface area contributed by atoms with Crippen LogP contribution in [0, 0.1) is 5.82 Å². The summed E-state index contributed by atoms with van der Waals surface area (Å²) in [6.45, 7) is 1.85. The Balaban J connectivity index is 1.69. The highest BCUT2D eigenvalue weighted by molar-refractivity contribution is 5.96. The summed E-state index contributed by atoms with van der Waals surface area (Å²) in [6.07, 6.45) is 0.421. The van der Waals surface area contributed by atoms with E-state index in [4.69, 9.17) is 9.84 Å². The van der Waals surface area contributed by atoms with E-state index in [2.05, 4.69) is 5.32 Å². The van der Waals surface area contributed by atoms with Gasteiger partial charge in [-0.15, -0.1) is 0 Å². The molecular weight excluding hydrogens is 439 g/mol. The van der Waals surface area contributed by atoms with Crippen LogP contribution in [0.25, 0.3) is 0 Å². The number of hydrogen-bond donors (Lipinski definition) is 3. The molecule has 1 aliphatic carbocycles. The van der Waals surface area contributed by atoms with Crippen LogP contribution in [0.2, 0.25) is 0 Å². The van der Waals surface area contributed by atoms with Crippen molar-refractivity contribution in [3.8, 4) is 5.75 Å². The molecule has 2 amide bonds. The van der Waals surface area contributed by atoms with E-state index >= 15 is 0 Å². The number of carbonyl (C=O) groups is 2. The molecule has 0 fully saturated rings. The summed E-state index contributed by atoms with van der Waals surface area (Å²) in [6, 6.07) is 12.7. The van der Waals surface area contributed by atoms with Gasteiger partial charge in [0.1, 0.15) is 23.8 Å². The molecule has 0 saturated heterocycles. The number of hydrogen-bond acceptors (Lipinski definition) is 5. The predicted octanol–water partition coefficient (Wildman–Crippen LogP) is 1.93. The molecule has 4 atom stereocenters. The molecule has 0 radical (unpaired) electrons. The maximum atomic E-state index is 13.6. The van der Waals surface area contributed by atoms with Crippen molar-refractivity contribution >= 4 is 11.8 Å². The topological polar surface area (TPSA) is 99.1 Å². The van der Waals surface area contributed by atoms with Crippen LogP contribution in [-0.2, 0) is 16.0 Å². The van der Waals surface area contributed by atoms with Crippen LogP contribution in [0.3, 0.4) is 0 Å². The second-order valence-electron chi connectivity index (χ2n) is 8.50. The lowest BCUT2D eigenvalue weighted by Crippen LogP contribution is -2.56. The molecule has 180 valence electrons. The molecule has 0 spiro atoms. The Labute approximate surface area is 197 Å². The van der Waals surface area contributed by atoms with Crippen LogP contribution in [0.5, 0.6) is 5.75 Å². The number of aliphatic hydroxyl groups is 2. The molecule has 2 aromatic carbocycles. The Kier molecular flexibility index (Phi) is 7.29. The Morgan fingerprint density at radius 3 is 2.71 bits per heavy atom. The fraction of sp³-hybridized carbons (Fsp3) is 0.385. The molecule has 0 saturated carbocycles. The van der Waals surface area contributed by atoms with Crippen molar-refractivity contribution < 1.29 is 28.9 Å². The molecule has 4 unspecified atom stereocenters. The first kappa shape index (κ1) is 23.9. The second kappa shape index (κ2) is 10.4. The van der Waals surface area contributed by atoms with Crippen molar-refractivity contribution in [2.75, 3.05) is 19.7 Å². The molecular formula is C26H29FN2O5. The minimum atomic E-state index is -1.07. The van der Waals surface area contributed by atoms with Gasteiger partial charge in [-0.25, -0.2) is 4.39 Å². The SMILES string of the molecule is CCC(=O)N(CCc1cccc(F)c1)C1C=C(C(=O)NCCO)C2c3ccccc3OC2C1O. The number of para-hydroxylation sites is 1. The summed E-state index contributed by atoms with van der Waals surface area (Å²) in [5, 5.41) is 23.2. The van der Waals surface area contributed by atoms with E-state index in [-0.39, 0.29) is 43.7 Å². The maximum Gasteiger partial charge on any atom is 0.247 e. The number of amides is 2. The zero-order valence-corrected chi connectivity index (χ0v) is 19.0. The fourth-order valence-electron chi connectivity index (χ4n) is 4.78. The summed E-state index contributed by atoms with van der Waals surface area (Å²) >= 11 is 0. The summed E-state index contributed by atoms with van der Waals surface area (Å²) < 4.78 is 19.7. The first-order chi connectivity index (χ1) is 16.4. The monoisotopic (exact) mass is 468 g/mol. The Bertz CT molecular complexity index is 1090. The van der Waals surface area contributed by atoms with Crippen LogP contribution in [0.4, 0.5) is 4.39 Å². The van der Waals surface area contributed by atoms with Gasteiger partial charge in [0.05, 0.1) is 18.6 Å². The fourth-order valence-corrected chi connectivity index (χ4v) is 4.78. The Morgan fingerprint density at radius 1 is 1.18 bits per heavy atom. The van der Waals surface area contributed by atoms with Gasteiger partial charge in [-0.05, 0) is 36.3 Å². The number of fused-ring (bicyclic) bond motifs is 3. The third-order valence-electron chi connectivity index (χ3n) is 6.39. The summed E-state index contributed by atoms with van der Waals surface area (Å²) in [5.74, 6) is -0.837. The van der Waals surface area contributed by atoms with Crippen molar-refractivity contribution in [1.82, 2.24) is 10.2 Å². The van der Waals surface area contributed by atoms with E-state index < -0.39 is 24.2 Å². The van der Waals surface area contributed by atoms with E-state index in [1.54, 1.807) is 31.2 Å². The number of nitrogens with zero attached hydrogens (tertiary/aromatic N) is 1. The lowest BCUT2D eigenvalue weighted by Gasteiger charge is -2.40. The van der Waals surface area contributed by atoms with Crippen molar-refractivity contribution in [3.63, 3.8) is 0 Å². The molecule has 34 heavy (non-hydrogen) atoms. The smallest absolute Gasteiger partial charge is 0.247 e. The van der Waals surface area contributed by atoms with Crippen molar-refractivity contribution in [1.29, 1.82) is 0 Å². The minimum absolute atomic E-state index is 0.0838. The van der Waals surface area contributed by atoms with Gasteiger partial charge in [-0.3, -0.25) is 9.59 Å². The van der Waals surface area contributed by atoms with Crippen molar-refractivity contribution in [2.24, 2.45) is 0 Å². The number of nitrogens with one attached hydrogen (secondary N) is 1. The average molecular weight is 469 g/mol. The largest absolute Gasteiger partial charge is 0.486 e. The van der Waals surface area contributed by atoms with E-state index in [0.717, 1.165) is 11.1 Å². The normalized spacial score (nSPS) is 22.8. The van der Waals surface area contributed by atoms with Gasteiger partial charge < -0.3 is 25.2 Å². The lowest BCUT2D eigenvalue weighted by atomic mass is 9.77. The molecule has 0 bridgehead atoms. The summed E-state index contributed by atoms with van der Waals surface area (Å²) in [4.78, 5) is 27.5. The third-order valence-corrected chi connectivity index (χ3v) is 6.39. The first-order valence-electron chi connectivity index (χ1n) is 11.5. The van der Waals surface area contributed by atoms with Crippen LogP contribution < -0.4 is 10.1 Å². The Hall–Kier alpha value is -3.23. The van der Waals surface area contributed by atoms with Gasteiger partial charge in [0.2, 0.25) is 11.8 Å². The molecule has 1 heterocycles. The van der Waals surface area contributed by atoms with Gasteiger partial charge in [0.15, 0.2) is 0 Å². The van der Waals surface area contributed by atoms with Gasteiger partial charge in [-0.2, -0.15) is 0 Å². The molecule has 3 N–H and O–H groups in total. The number of ether oxygens (including phenoxy) is 1. The summed E-state index contributed by atoms with van der Waals surface area (Å²) in [5.41, 5.74) is 1.91. The van der Waals surface area contributed by atoms with Crippen LogP contribution in [0.15, 0.2) is 60.2 Å². The molecule has 7 nitrogen and oxygen atoms in total. The number of rotatable bonds is 8. The van der Waals surface area contributed by atoms with Gasteiger partial charge in [-0.1, -0.05) is 37.3 Å². The zero-order valence-electron chi connectivity index (χ0n) is 19.0. The van der Waals surface area contributed by atoms with Crippen LogP contribution >= 0.6 is 0 Å². The maximum absolute atomic E-state index is 13.6. The number of aliphatic hydroxyl groups excluding tert-OH is 2. The highest BCUT2D eigenvalue weighted by Crippen LogP contribution is 2.47. The first-order valence-corrected chi connectivity index (χ1v) is 11.5. The van der Waals surface area contributed by atoms with Crippen LogP contribution in [-0.4, -0.2) is 64.9 Å². The molecule has 2 aromatic rings. The highest BCUT2D eigenvalue weighted by atomic mass is 19.1. The number of carbonyl (C=O) groups excluding carboxylic acids is 2.